The Morgan fingerprint density at radius 1 is 1.00 bits per heavy atom. The van der Waals surface area contributed by atoms with Gasteiger partial charge in [-0.1, -0.05) is 30.3 Å². The van der Waals surface area contributed by atoms with Crippen LogP contribution in [0.4, 0.5) is 11.4 Å². The molecule has 1 aliphatic rings. The molecule has 1 heterocycles. The predicted octanol–water partition coefficient (Wildman–Crippen LogP) is 4.24. The number of hydroxylamine groups is 1. The summed E-state index contributed by atoms with van der Waals surface area (Å²) in [7, 11) is 3.95. The second-order valence-electron chi connectivity index (χ2n) is 9.23. The first kappa shape index (κ1) is 26.6. The van der Waals surface area contributed by atoms with Gasteiger partial charge >= 0.3 is 5.97 Å². The van der Waals surface area contributed by atoms with Crippen molar-refractivity contribution in [1.82, 2.24) is 10.4 Å². The lowest BCUT2D eigenvalue weighted by molar-refractivity contribution is -0.110. The Morgan fingerprint density at radius 2 is 1.71 bits per heavy atom. The summed E-state index contributed by atoms with van der Waals surface area (Å²) in [4.78, 5) is 44.5. The molecule has 0 aromatic heterocycles. The highest BCUT2D eigenvalue weighted by molar-refractivity contribution is 6.37. The van der Waals surface area contributed by atoms with Crippen molar-refractivity contribution in [3.05, 3.63) is 94.5 Å². The van der Waals surface area contributed by atoms with Crippen LogP contribution in [0.1, 0.15) is 43.8 Å². The van der Waals surface area contributed by atoms with Crippen LogP contribution in [0.15, 0.2) is 66.7 Å². The summed E-state index contributed by atoms with van der Waals surface area (Å²) in [6.45, 7) is 2.97. The van der Waals surface area contributed by atoms with Gasteiger partial charge in [0, 0.05) is 16.8 Å². The molecule has 9 heteroatoms. The molecule has 196 valence electrons. The maximum Gasteiger partial charge on any atom is 0.336 e. The molecule has 0 saturated heterocycles. The SMILES string of the molecule is Cc1cc2c(cc1C(=O)O)NC(=O)/C2=C(\Nc1ccc(C(=O)NOCCCN(C)C)cc1)c1ccccc1. The van der Waals surface area contributed by atoms with Gasteiger partial charge in [0.2, 0.25) is 0 Å². The molecule has 0 saturated carbocycles. The maximum absolute atomic E-state index is 13.1. The number of aryl methyl sites for hydroxylation is 1. The molecular weight excluding hydrogens is 484 g/mol. The number of carboxylic acid groups (broad SMARTS) is 1. The minimum Gasteiger partial charge on any atom is -0.478 e. The number of hydrogen-bond acceptors (Lipinski definition) is 6. The predicted molar refractivity (Wildman–Crippen MR) is 147 cm³/mol. The number of rotatable bonds is 10. The van der Waals surface area contributed by atoms with Crippen LogP contribution >= 0.6 is 0 Å². The second-order valence-corrected chi connectivity index (χ2v) is 9.23. The zero-order chi connectivity index (χ0) is 27.2. The second kappa shape index (κ2) is 11.7. The summed E-state index contributed by atoms with van der Waals surface area (Å²) in [6.07, 6.45) is 0.793. The van der Waals surface area contributed by atoms with E-state index in [4.69, 9.17) is 4.84 Å². The van der Waals surface area contributed by atoms with Crippen molar-refractivity contribution >= 4 is 40.4 Å². The monoisotopic (exact) mass is 514 g/mol. The number of nitrogens with one attached hydrogen (secondary N) is 3. The molecule has 1 aliphatic heterocycles. The van der Waals surface area contributed by atoms with Gasteiger partial charge in [0.15, 0.2) is 0 Å². The van der Waals surface area contributed by atoms with Crippen molar-refractivity contribution in [1.29, 1.82) is 0 Å². The van der Waals surface area contributed by atoms with Crippen LogP contribution in [0.3, 0.4) is 0 Å². The molecule has 0 unspecified atom stereocenters. The van der Waals surface area contributed by atoms with Crippen molar-refractivity contribution < 1.29 is 24.3 Å². The lowest BCUT2D eigenvalue weighted by atomic mass is 9.96. The Bertz CT molecular complexity index is 1380. The molecule has 3 aromatic carbocycles. The Kier molecular flexibility index (Phi) is 8.20. The lowest BCUT2D eigenvalue weighted by Gasteiger charge is -2.15. The van der Waals surface area contributed by atoms with Crippen LogP contribution in [-0.4, -0.2) is 55.0 Å². The molecule has 0 aliphatic carbocycles. The number of benzene rings is 3. The molecule has 4 rings (SSSR count). The molecule has 0 fully saturated rings. The van der Waals surface area contributed by atoms with Crippen molar-refractivity contribution in [2.75, 3.05) is 37.9 Å². The number of aromatic carboxylic acids is 1. The van der Waals surface area contributed by atoms with Gasteiger partial charge in [-0.15, -0.1) is 0 Å². The molecule has 9 nitrogen and oxygen atoms in total. The Balaban J connectivity index is 1.60. The van der Waals surface area contributed by atoms with Crippen LogP contribution in [0.2, 0.25) is 0 Å². The van der Waals surface area contributed by atoms with E-state index in [1.165, 1.54) is 6.07 Å². The number of carboxylic acids is 1. The fraction of sp³-hybridized carbons (Fsp3) is 0.207. The zero-order valence-electron chi connectivity index (χ0n) is 21.5. The summed E-state index contributed by atoms with van der Waals surface area (Å²) in [6, 6.07) is 19.4. The van der Waals surface area contributed by atoms with Gasteiger partial charge in [-0.25, -0.2) is 10.3 Å². The van der Waals surface area contributed by atoms with E-state index >= 15 is 0 Å². The van der Waals surface area contributed by atoms with E-state index in [0.29, 0.717) is 45.9 Å². The standard InChI is InChI=1S/C29H30N4O5/c1-18-16-23-24(17-22(18)29(36)37)31-28(35)25(23)26(19-8-5-4-6-9-19)30-21-12-10-20(11-13-21)27(34)32-38-15-7-14-33(2)3/h4-6,8-13,16-17,30H,7,14-15H2,1-3H3,(H,31,35)(H,32,34)(H,36,37)/b26-25-. The number of fused-ring (bicyclic) bond motifs is 1. The average Bonchev–Trinajstić information content (AvgIpc) is 3.21. The van der Waals surface area contributed by atoms with Crippen LogP contribution in [-0.2, 0) is 9.63 Å². The molecule has 0 radical (unpaired) electrons. The number of anilines is 2. The first-order valence-electron chi connectivity index (χ1n) is 12.2. The van der Waals surface area contributed by atoms with Gasteiger partial charge in [0.1, 0.15) is 0 Å². The summed E-state index contributed by atoms with van der Waals surface area (Å²) in [5, 5.41) is 15.6. The van der Waals surface area contributed by atoms with E-state index in [0.717, 1.165) is 18.5 Å². The molecule has 0 atom stereocenters. The quantitative estimate of drug-likeness (QED) is 0.181. The molecule has 38 heavy (non-hydrogen) atoms. The normalized spacial score (nSPS) is 13.6. The molecular formula is C29H30N4O5. The summed E-state index contributed by atoms with van der Waals surface area (Å²) in [5.74, 6) is -1.74. The number of carbonyl (C=O) groups excluding carboxylic acids is 2. The summed E-state index contributed by atoms with van der Waals surface area (Å²) >= 11 is 0. The minimum absolute atomic E-state index is 0.134. The fourth-order valence-electron chi connectivity index (χ4n) is 4.17. The van der Waals surface area contributed by atoms with Gasteiger partial charge in [-0.3, -0.25) is 14.4 Å². The van der Waals surface area contributed by atoms with Crippen molar-refractivity contribution in [2.45, 2.75) is 13.3 Å². The first-order valence-corrected chi connectivity index (χ1v) is 12.2. The Labute approximate surface area is 221 Å². The highest BCUT2D eigenvalue weighted by Crippen LogP contribution is 2.39. The van der Waals surface area contributed by atoms with Crippen molar-refractivity contribution in [3.8, 4) is 0 Å². The highest BCUT2D eigenvalue weighted by atomic mass is 16.6. The van der Waals surface area contributed by atoms with E-state index in [1.807, 2.05) is 49.3 Å². The number of amides is 2. The van der Waals surface area contributed by atoms with Crippen molar-refractivity contribution in [2.24, 2.45) is 0 Å². The van der Waals surface area contributed by atoms with Gasteiger partial charge in [0.05, 0.1) is 29.1 Å². The minimum atomic E-state index is -1.05. The number of nitrogens with zero attached hydrogens (tertiary/aromatic N) is 1. The van der Waals surface area contributed by atoms with Crippen LogP contribution in [0.5, 0.6) is 0 Å². The largest absolute Gasteiger partial charge is 0.478 e. The Hall–Kier alpha value is -4.47. The average molecular weight is 515 g/mol. The number of carbonyl (C=O) groups is 3. The van der Waals surface area contributed by atoms with Gasteiger partial charge in [-0.2, -0.15) is 0 Å². The Morgan fingerprint density at radius 3 is 2.37 bits per heavy atom. The highest BCUT2D eigenvalue weighted by Gasteiger charge is 2.30. The van der Waals surface area contributed by atoms with E-state index in [9.17, 15) is 19.5 Å². The first-order chi connectivity index (χ1) is 18.2. The van der Waals surface area contributed by atoms with Crippen LogP contribution in [0, 0.1) is 6.92 Å². The van der Waals surface area contributed by atoms with E-state index in [2.05, 4.69) is 16.1 Å². The summed E-state index contributed by atoms with van der Waals surface area (Å²) in [5.41, 5.74) is 7.04. The molecule has 3 aromatic rings. The smallest absolute Gasteiger partial charge is 0.336 e. The molecule has 0 bridgehead atoms. The van der Waals surface area contributed by atoms with Gasteiger partial charge in [-0.05, 0) is 81.5 Å². The topological polar surface area (TPSA) is 120 Å². The lowest BCUT2D eigenvalue weighted by Crippen LogP contribution is -2.25. The third kappa shape index (κ3) is 6.08. The van der Waals surface area contributed by atoms with E-state index in [-0.39, 0.29) is 17.4 Å². The summed E-state index contributed by atoms with van der Waals surface area (Å²) < 4.78 is 0. The molecule has 4 N–H and O–H groups in total. The van der Waals surface area contributed by atoms with Crippen LogP contribution < -0.4 is 16.1 Å². The van der Waals surface area contributed by atoms with E-state index in [1.54, 1.807) is 37.3 Å². The van der Waals surface area contributed by atoms with Gasteiger partial charge < -0.3 is 20.6 Å². The molecule has 0 spiro atoms. The maximum atomic E-state index is 13.1. The zero-order valence-corrected chi connectivity index (χ0v) is 21.5. The van der Waals surface area contributed by atoms with Crippen LogP contribution in [0.25, 0.3) is 11.3 Å². The number of hydrogen-bond donors (Lipinski definition) is 4. The molecule has 2 amide bonds. The van der Waals surface area contributed by atoms with Crippen molar-refractivity contribution in [3.63, 3.8) is 0 Å². The third-order valence-corrected chi connectivity index (χ3v) is 6.09. The fourth-order valence-corrected chi connectivity index (χ4v) is 4.17. The third-order valence-electron chi connectivity index (χ3n) is 6.09. The van der Waals surface area contributed by atoms with E-state index < -0.39 is 5.97 Å². The van der Waals surface area contributed by atoms with Gasteiger partial charge in [0.25, 0.3) is 11.8 Å².